The van der Waals surface area contributed by atoms with Crippen LogP contribution in [0, 0.1) is 0 Å². The number of nitrogens with one attached hydrogen (secondary N) is 1. The maximum Gasteiger partial charge on any atom is 0.417 e. The molecule has 0 aliphatic heterocycles. The molecule has 0 saturated carbocycles. The zero-order valence-electron chi connectivity index (χ0n) is 24.9. The average molecular weight is 657 g/mol. The van der Waals surface area contributed by atoms with Crippen LogP contribution >= 0.6 is 0 Å². The molecule has 3 N–H and O–H groups in total. The Balaban J connectivity index is 0.000000193. The first kappa shape index (κ1) is 32.7. The van der Waals surface area contributed by atoms with Gasteiger partial charge in [-0.15, -0.1) is 0 Å². The second kappa shape index (κ2) is 12.3. The van der Waals surface area contributed by atoms with Crippen molar-refractivity contribution in [2.45, 2.75) is 38.7 Å². The molecule has 0 radical (unpaired) electrons. The molecule has 4 heterocycles. The van der Waals surface area contributed by atoms with Crippen LogP contribution in [-0.4, -0.2) is 40.9 Å². The van der Waals surface area contributed by atoms with Crippen LogP contribution in [-0.2, 0) is 17.1 Å². The second-order valence-corrected chi connectivity index (χ2v) is 11.0. The van der Waals surface area contributed by atoms with E-state index in [0.717, 1.165) is 12.1 Å². The van der Waals surface area contributed by atoms with Gasteiger partial charge in [-0.05, 0) is 45.0 Å². The number of anilines is 2. The van der Waals surface area contributed by atoms with Crippen molar-refractivity contribution in [2.75, 3.05) is 11.1 Å². The number of carbonyl (C=O) groups excluding carboxylic acids is 1. The third-order valence-corrected chi connectivity index (χ3v) is 6.42. The molecule has 10 nitrogen and oxygen atoms in total. The number of nitrogens with zero attached hydrogens (tertiary/aromatic N) is 6. The van der Waals surface area contributed by atoms with E-state index in [9.17, 15) is 31.1 Å². The number of carbonyl (C=O) groups is 1. The molecular formula is C31H26F6N8O2. The van der Waals surface area contributed by atoms with Crippen molar-refractivity contribution in [3.63, 3.8) is 0 Å². The summed E-state index contributed by atoms with van der Waals surface area (Å²) in [6, 6.07) is 13.4. The van der Waals surface area contributed by atoms with E-state index < -0.39 is 35.2 Å². The summed E-state index contributed by atoms with van der Waals surface area (Å²) >= 11 is 0. The third-order valence-electron chi connectivity index (χ3n) is 6.42. The van der Waals surface area contributed by atoms with Crippen molar-refractivity contribution < 1.29 is 35.9 Å². The van der Waals surface area contributed by atoms with E-state index in [2.05, 4.69) is 25.5 Å². The number of halogens is 6. The molecule has 6 aromatic rings. The number of benzene rings is 2. The normalized spacial score (nSPS) is 12.1. The highest BCUT2D eigenvalue weighted by molar-refractivity contribution is 5.90. The van der Waals surface area contributed by atoms with Gasteiger partial charge in [-0.3, -0.25) is 5.32 Å². The number of hydrogen-bond donors (Lipinski definition) is 2. The number of fused-ring (bicyclic) bond motifs is 2. The lowest BCUT2D eigenvalue weighted by molar-refractivity contribution is -0.137. The van der Waals surface area contributed by atoms with Gasteiger partial charge in [0.1, 0.15) is 11.3 Å². The lowest BCUT2D eigenvalue weighted by atomic mass is 10.0. The Labute approximate surface area is 262 Å². The molecule has 0 aliphatic carbocycles. The van der Waals surface area contributed by atoms with Crippen LogP contribution in [0.15, 0.2) is 85.5 Å². The Morgan fingerprint density at radius 3 is 1.70 bits per heavy atom. The first-order chi connectivity index (χ1) is 22.0. The van der Waals surface area contributed by atoms with Gasteiger partial charge in [0.15, 0.2) is 11.3 Å². The number of alkyl halides is 6. The summed E-state index contributed by atoms with van der Waals surface area (Å²) in [5.74, 6) is 0. The van der Waals surface area contributed by atoms with Crippen LogP contribution in [0.1, 0.15) is 31.9 Å². The standard InChI is InChI=1S/C18H17F3N4O2.C13H9F3N4/c1-17(2,3)27-16(26)24-14-10-22-25-9-8-13(23-15(14)25)11-6-4-5-7-12(11)18(19,20)21;14-13(15,16)9-4-2-1-3-8(9)11-5-6-20-12(19-11)10(17)7-18-20/h4-10H,1-3H3,(H,24,26);1-7H,17H2. The van der Waals surface area contributed by atoms with E-state index in [1.165, 1.54) is 82.3 Å². The third kappa shape index (κ3) is 7.43. The predicted octanol–water partition coefficient (Wildman–Crippen LogP) is 7.76. The SMILES string of the molecule is CC(C)(C)OC(=O)Nc1cnn2ccc(-c3ccccc3C(F)(F)F)nc12.Nc1cnn2ccc(-c3ccccc3C(F)(F)F)nc12. The van der Waals surface area contributed by atoms with Crippen LogP contribution in [0.2, 0.25) is 0 Å². The molecule has 0 aliphatic rings. The van der Waals surface area contributed by atoms with Gasteiger partial charge < -0.3 is 10.5 Å². The van der Waals surface area contributed by atoms with E-state index in [1.807, 2.05) is 0 Å². The maximum atomic E-state index is 13.3. The van der Waals surface area contributed by atoms with E-state index >= 15 is 0 Å². The van der Waals surface area contributed by atoms with Crippen LogP contribution in [0.25, 0.3) is 33.8 Å². The number of amides is 1. The largest absolute Gasteiger partial charge is 0.444 e. The Kier molecular flexibility index (Phi) is 8.53. The fraction of sp³-hybridized carbons (Fsp3) is 0.194. The van der Waals surface area contributed by atoms with Gasteiger partial charge in [0.2, 0.25) is 0 Å². The molecule has 244 valence electrons. The average Bonchev–Trinajstić information content (AvgIpc) is 3.57. The molecule has 0 spiro atoms. The van der Waals surface area contributed by atoms with Gasteiger partial charge in [0, 0.05) is 23.5 Å². The predicted molar refractivity (Wildman–Crippen MR) is 161 cm³/mol. The van der Waals surface area contributed by atoms with Gasteiger partial charge in [0.05, 0.1) is 40.6 Å². The fourth-order valence-electron chi connectivity index (χ4n) is 4.46. The van der Waals surface area contributed by atoms with Crippen molar-refractivity contribution >= 4 is 28.8 Å². The lowest BCUT2D eigenvalue weighted by Crippen LogP contribution is -2.27. The molecule has 1 amide bonds. The molecule has 0 atom stereocenters. The van der Waals surface area contributed by atoms with Crippen LogP contribution in [0.3, 0.4) is 0 Å². The topological polar surface area (TPSA) is 125 Å². The molecule has 0 bridgehead atoms. The first-order valence-electron chi connectivity index (χ1n) is 13.8. The molecule has 47 heavy (non-hydrogen) atoms. The fourth-order valence-corrected chi connectivity index (χ4v) is 4.46. The summed E-state index contributed by atoms with van der Waals surface area (Å²) < 4.78 is 86.8. The number of aromatic nitrogens is 6. The molecule has 0 saturated heterocycles. The molecule has 0 fully saturated rings. The highest BCUT2D eigenvalue weighted by Gasteiger charge is 2.34. The quantitative estimate of drug-likeness (QED) is 0.187. The van der Waals surface area contributed by atoms with E-state index in [1.54, 1.807) is 20.8 Å². The molecule has 4 aromatic heterocycles. The van der Waals surface area contributed by atoms with Crippen molar-refractivity contribution in [1.29, 1.82) is 0 Å². The molecule has 0 unspecified atom stereocenters. The van der Waals surface area contributed by atoms with Crippen molar-refractivity contribution in [3.8, 4) is 22.5 Å². The van der Waals surface area contributed by atoms with Gasteiger partial charge >= 0.3 is 18.4 Å². The summed E-state index contributed by atoms with van der Waals surface area (Å²) in [4.78, 5) is 20.4. The van der Waals surface area contributed by atoms with E-state index in [-0.39, 0.29) is 33.8 Å². The summed E-state index contributed by atoms with van der Waals surface area (Å²) in [6.45, 7) is 5.15. The number of nitrogens with two attached hydrogens (primary N) is 1. The maximum absolute atomic E-state index is 13.3. The second-order valence-electron chi connectivity index (χ2n) is 11.0. The van der Waals surface area contributed by atoms with E-state index in [0.29, 0.717) is 11.3 Å². The van der Waals surface area contributed by atoms with Gasteiger partial charge in [-0.25, -0.2) is 23.8 Å². The molecule has 16 heteroatoms. The summed E-state index contributed by atoms with van der Waals surface area (Å²) in [6.07, 6.45) is -3.89. The minimum atomic E-state index is -4.51. The van der Waals surface area contributed by atoms with Crippen LogP contribution < -0.4 is 11.1 Å². The highest BCUT2D eigenvalue weighted by Crippen LogP contribution is 2.37. The summed E-state index contributed by atoms with van der Waals surface area (Å²) in [5.41, 5.74) is 4.83. The zero-order valence-corrected chi connectivity index (χ0v) is 24.9. The van der Waals surface area contributed by atoms with Crippen molar-refractivity contribution in [1.82, 2.24) is 29.2 Å². The van der Waals surface area contributed by atoms with Gasteiger partial charge in [-0.1, -0.05) is 36.4 Å². The van der Waals surface area contributed by atoms with Crippen molar-refractivity contribution in [2.24, 2.45) is 0 Å². The van der Waals surface area contributed by atoms with E-state index in [4.69, 9.17) is 10.5 Å². The molecular weight excluding hydrogens is 630 g/mol. The van der Waals surface area contributed by atoms with Crippen LogP contribution in [0.5, 0.6) is 0 Å². The Hall–Kier alpha value is -5.67. The number of rotatable bonds is 3. The Morgan fingerprint density at radius 2 is 1.19 bits per heavy atom. The Bertz CT molecular complexity index is 2060. The molecule has 2 aromatic carbocycles. The minimum Gasteiger partial charge on any atom is -0.444 e. The monoisotopic (exact) mass is 656 g/mol. The minimum absolute atomic E-state index is 0.0168. The Morgan fingerprint density at radius 1 is 0.723 bits per heavy atom. The summed E-state index contributed by atoms with van der Waals surface area (Å²) in [5, 5.41) is 10.5. The van der Waals surface area contributed by atoms with Crippen LogP contribution in [0.4, 0.5) is 42.5 Å². The number of nitrogen functional groups attached to an aromatic ring is 1. The summed E-state index contributed by atoms with van der Waals surface area (Å²) in [7, 11) is 0. The first-order valence-corrected chi connectivity index (χ1v) is 13.8. The number of ether oxygens (including phenoxy) is 1. The number of hydrogen-bond acceptors (Lipinski definition) is 7. The zero-order chi connectivity index (χ0) is 34.1. The van der Waals surface area contributed by atoms with Gasteiger partial charge in [-0.2, -0.15) is 36.5 Å². The molecule has 6 rings (SSSR count). The highest BCUT2D eigenvalue weighted by atomic mass is 19.4. The smallest absolute Gasteiger partial charge is 0.417 e. The van der Waals surface area contributed by atoms with Crippen molar-refractivity contribution in [3.05, 3.63) is 96.6 Å². The van der Waals surface area contributed by atoms with Gasteiger partial charge in [0.25, 0.3) is 0 Å². The lowest BCUT2D eigenvalue weighted by Gasteiger charge is -2.19.